The minimum atomic E-state index is -0.420. The van der Waals surface area contributed by atoms with Crippen molar-refractivity contribution in [3.63, 3.8) is 0 Å². The first-order valence-electron chi connectivity index (χ1n) is 7.11. The molecule has 1 unspecified atom stereocenters. The third kappa shape index (κ3) is 4.75. The Hall–Kier alpha value is -1.22. The Balaban J connectivity index is 2.64. The van der Waals surface area contributed by atoms with Crippen LogP contribution >= 0.6 is 0 Å². The molecule has 0 saturated heterocycles. The van der Waals surface area contributed by atoms with E-state index in [0.717, 1.165) is 25.9 Å². The van der Waals surface area contributed by atoms with E-state index >= 15 is 0 Å². The molecule has 0 aliphatic heterocycles. The number of hydrogen-bond donors (Lipinski definition) is 0. The van der Waals surface area contributed by atoms with Gasteiger partial charge < -0.3 is 4.90 Å². The van der Waals surface area contributed by atoms with Crippen molar-refractivity contribution in [3.05, 3.63) is 35.6 Å². The van der Waals surface area contributed by atoms with E-state index in [1.54, 1.807) is 18.2 Å². The zero-order valence-corrected chi connectivity index (χ0v) is 12.2. The van der Waals surface area contributed by atoms with E-state index in [1.165, 1.54) is 6.07 Å². The van der Waals surface area contributed by atoms with E-state index in [0.29, 0.717) is 6.54 Å². The van der Waals surface area contributed by atoms with Crippen LogP contribution in [0.25, 0.3) is 0 Å². The maximum atomic E-state index is 13.6. The van der Waals surface area contributed by atoms with E-state index < -0.39 is 5.82 Å². The number of unbranched alkanes of at least 4 members (excludes halogenated alkanes) is 1. The zero-order chi connectivity index (χ0) is 14.3. The third-order valence-corrected chi connectivity index (χ3v) is 3.39. The van der Waals surface area contributed by atoms with Gasteiger partial charge in [0, 0.05) is 12.5 Å². The molecule has 0 N–H and O–H groups in total. The molecule has 0 bridgehead atoms. The van der Waals surface area contributed by atoms with Crippen molar-refractivity contribution in [3.8, 4) is 0 Å². The monoisotopic (exact) mass is 265 g/mol. The molecule has 1 rings (SSSR count). The molecule has 106 valence electrons. The largest absolute Gasteiger partial charge is 0.303 e. The normalized spacial score (nSPS) is 12.7. The Morgan fingerprint density at radius 2 is 2.00 bits per heavy atom. The number of rotatable bonds is 8. The van der Waals surface area contributed by atoms with Crippen molar-refractivity contribution in [1.82, 2.24) is 4.90 Å². The third-order valence-electron chi connectivity index (χ3n) is 3.39. The fourth-order valence-corrected chi connectivity index (χ4v) is 2.16. The minimum absolute atomic E-state index is 0.104. The highest BCUT2D eigenvalue weighted by atomic mass is 19.1. The van der Waals surface area contributed by atoms with Gasteiger partial charge in [-0.2, -0.15) is 0 Å². The standard InChI is InChI=1S/C16H24FNO/c1-4-6-11-18(5-2)12-13(3)16(19)14-9-7-8-10-15(14)17/h7-10,13H,4-6,11-12H2,1-3H3. The molecule has 0 aliphatic rings. The molecule has 0 radical (unpaired) electrons. The number of carbonyl (C=O) groups is 1. The summed E-state index contributed by atoms with van der Waals surface area (Å²) in [5, 5.41) is 0. The van der Waals surface area contributed by atoms with Crippen LogP contribution in [0.2, 0.25) is 0 Å². The summed E-state index contributed by atoms with van der Waals surface area (Å²) >= 11 is 0. The molecule has 1 aromatic rings. The van der Waals surface area contributed by atoms with Gasteiger partial charge in [-0.3, -0.25) is 4.79 Å². The molecule has 1 aromatic carbocycles. The van der Waals surface area contributed by atoms with E-state index in [9.17, 15) is 9.18 Å². The van der Waals surface area contributed by atoms with E-state index in [1.807, 2.05) is 6.92 Å². The molecule has 3 heteroatoms. The highest BCUT2D eigenvalue weighted by Crippen LogP contribution is 2.14. The van der Waals surface area contributed by atoms with Crippen molar-refractivity contribution in [2.45, 2.75) is 33.6 Å². The molecule has 0 heterocycles. The lowest BCUT2D eigenvalue weighted by Gasteiger charge is -2.23. The Morgan fingerprint density at radius 1 is 1.32 bits per heavy atom. The summed E-state index contributed by atoms with van der Waals surface area (Å²) < 4.78 is 13.6. The second-order valence-electron chi connectivity index (χ2n) is 4.99. The topological polar surface area (TPSA) is 20.3 Å². The van der Waals surface area contributed by atoms with Crippen molar-refractivity contribution < 1.29 is 9.18 Å². The Bertz CT molecular complexity index is 405. The van der Waals surface area contributed by atoms with Gasteiger partial charge in [-0.1, -0.05) is 39.3 Å². The molecule has 0 amide bonds. The molecular weight excluding hydrogens is 241 g/mol. The first kappa shape index (κ1) is 15.8. The van der Waals surface area contributed by atoms with Gasteiger partial charge >= 0.3 is 0 Å². The second kappa shape index (κ2) is 8.05. The van der Waals surface area contributed by atoms with Crippen molar-refractivity contribution in [1.29, 1.82) is 0 Å². The minimum Gasteiger partial charge on any atom is -0.303 e. The van der Waals surface area contributed by atoms with Crippen LogP contribution in [-0.2, 0) is 0 Å². The second-order valence-corrected chi connectivity index (χ2v) is 4.99. The molecular formula is C16H24FNO. The number of carbonyl (C=O) groups excluding carboxylic acids is 1. The predicted molar refractivity (Wildman–Crippen MR) is 76.9 cm³/mol. The summed E-state index contributed by atoms with van der Waals surface area (Å²) in [6, 6.07) is 6.22. The van der Waals surface area contributed by atoms with Crippen LogP contribution in [0.4, 0.5) is 4.39 Å². The maximum absolute atomic E-state index is 13.6. The summed E-state index contributed by atoms with van der Waals surface area (Å²) in [5.41, 5.74) is 0.210. The Kier molecular flexibility index (Phi) is 6.71. The SMILES string of the molecule is CCCCN(CC)CC(C)C(=O)c1ccccc1F. The van der Waals surface area contributed by atoms with E-state index in [-0.39, 0.29) is 17.3 Å². The number of benzene rings is 1. The molecule has 0 aliphatic carbocycles. The Labute approximate surface area is 115 Å². The molecule has 0 saturated carbocycles. The molecule has 1 atom stereocenters. The van der Waals surface area contributed by atoms with E-state index in [2.05, 4.69) is 18.7 Å². The summed E-state index contributed by atoms with van der Waals surface area (Å²) in [7, 11) is 0. The first-order valence-corrected chi connectivity index (χ1v) is 7.11. The van der Waals surface area contributed by atoms with Gasteiger partial charge in [0.05, 0.1) is 5.56 Å². The number of nitrogens with zero attached hydrogens (tertiary/aromatic N) is 1. The van der Waals surface area contributed by atoms with Crippen LogP contribution in [0.1, 0.15) is 44.0 Å². The average Bonchev–Trinajstić information content (AvgIpc) is 2.43. The predicted octanol–water partition coefficient (Wildman–Crippen LogP) is 3.77. The summed E-state index contributed by atoms with van der Waals surface area (Å²) in [5.74, 6) is -0.697. The fraction of sp³-hybridized carbons (Fsp3) is 0.562. The maximum Gasteiger partial charge on any atom is 0.169 e. The number of hydrogen-bond acceptors (Lipinski definition) is 2. The highest BCUT2D eigenvalue weighted by molar-refractivity contribution is 5.98. The fourth-order valence-electron chi connectivity index (χ4n) is 2.16. The number of halogens is 1. The van der Waals surface area contributed by atoms with Gasteiger partial charge in [0.1, 0.15) is 5.82 Å². The summed E-state index contributed by atoms with van der Waals surface area (Å²) in [6.45, 7) is 8.75. The van der Waals surface area contributed by atoms with Crippen LogP contribution in [0.15, 0.2) is 24.3 Å². The summed E-state index contributed by atoms with van der Waals surface area (Å²) in [4.78, 5) is 14.5. The molecule has 0 aromatic heterocycles. The van der Waals surface area contributed by atoms with Gasteiger partial charge in [-0.25, -0.2) is 4.39 Å². The van der Waals surface area contributed by atoms with E-state index in [4.69, 9.17) is 0 Å². The lowest BCUT2D eigenvalue weighted by atomic mass is 9.98. The van der Waals surface area contributed by atoms with Gasteiger partial charge in [0.25, 0.3) is 0 Å². The van der Waals surface area contributed by atoms with Crippen LogP contribution in [0.3, 0.4) is 0 Å². The molecule has 2 nitrogen and oxygen atoms in total. The smallest absolute Gasteiger partial charge is 0.169 e. The van der Waals surface area contributed by atoms with Crippen LogP contribution < -0.4 is 0 Å². The van der Waals surface area contributed by atoms with Crippen LogP contribution in [0.5, 0.6) is 0 Å². The molecule has 0 fully saturated rings. The van der Waals surface area contributed by atoms with Crippen molar-refractivity contribution in [2.75, 3.05) is 19.6 Å². The van der Waals surface area contributed by atoms with Gasteiger partial charge in [-0.15, -0.1) is 0 Å². The lowest BCUT2D eigenvalue weighted by Crippen LogP contribution is -2.32. The first-order chi connectivity index (χ1) is 9.10. The van der Waals surface area contributed by atoms with Gasteiger partial charge in [-0.05, 0) is 31.6 Å². The Morgan fingerprint density at radius 3 is 2.58 bits per heavy atom. The van der Waals surface area contributed by atoms with Crippen LogP contribution in [0, 0.1) is 11.7 Å². The molecule has 19 heavy (non-hydrogen) atoms. The molecule has 0 spiro atoms. The van der Waals surface area contributed by atoms with Crippen molar-refractivity contribution >= 4 is 5.78 Å². The number of Topliss-reactive ketones (excluding diaryl/α,β-unsaturated/α-hetero) is 1. The summed E-state index contributed by atoms with van der Waals surface area (Å²) in [6.07, 6.45) is 2.28. The zero-order valence-electron chi connectivity index (χ0n) is 12.2. The number of ketones is 1. The average molecular weight is 265 g/mol. The van der Waals surface area contributed by atoms with Gasteiger partial charge in [0.2, 0.25) is 0 Å². The lowest BCUT2D eigenvalue weighted by molar-refractivity contribution is 0.0891. The van der Waals surface area contributed by atoms with Crippen LogP contribution in [-0.4, -0.2) is 30.3 Å². The van der Waals surface area contributed by atoms with Crippen molar-refractivity contribution in [2.24, 2.45) is 5.92 Å². The van der Waals surface area contributed by atoms with Gasteiger partial charge in [0.15, 0.2) is 5.78 Å². The quantitative estimate of drug-likeness (QED) is 0.667. The highest BCUT2D eigenvalue weighted by Gasteiger charge is 2.20.